The monoisotopic (exact) mass is 477 g/mol. The molecule has 5 rings (SSSR count). The van der Waals surface area contributed by atoms with Gasteiger partial charge in [0, 0.05) is 35.6 Å². The number of benzene rings is 1. The maximum absolute atomic E-state index is 12.9. The minimum Gasteiger partial charge on any atom is -0.326 e. The second-order valence-corrected chi connectivity index (χ2v) is 9.44. The summed E-state index contributed by atoms with van der Waals surface area (Å²) >= 11 is 0. The van der Waals surface area contributed by atoms with Crippen molar-refractivity contribution in [1.29, 1.82) is 0 Å². The van der Waals surface area contributed by atoms with Crippen LogP contribution in [0.2, 0.25) is 0 Å². The second kappa shape index (κ2) is 9.29. The van der Waals surface area contributed by atoms with Crippen LogP contribution in [0.25, 0.3) is 6.08 Å². The van der Waals surface area contributed by atoms with Crippen molar-refractivity contribution >= 4 is 17.7 Å². The lowest BCUT2D eigenvalue weighted by atomic mass is 9.84. The van der Waals surface area contributed by atoms with Gasteiger partial charge in [0.1, 0.15) is 0 Å². The van der Waals surface area contributed by atoms with E-state index in [0.717, 1.165) is 67.6 Å². The molecular formula is C28H26F3N3O. The van der Waals surface area contributed by atoms with E-state index in [4.69, 9.17) is 0 Å². The number of alkyl halides is 3. The number of hydrogen-bond donors (Lipinski definition) is 1. The van der Waals surface area contributed by atoms with Gasteiger partial charge >= 0.3 is 6.18 Å². The SMILES string of the molecule is O=C(Nc1ccncc1)C1CCC(=Cc2cccc(C3(c4ccc(C(F)(F)F)cn4)CC3)c2)CC1. The van der Waals surface area contributed by atoms with E-state index in [-0.39, 0.29) is 17.2 Å². The zero-order valence-corrected chi connectivity index (χ0v) is 19.2. The Balaban J connectivity index is 1.25. The van der Waals surface area contributed by atoms with E-state index in [0.29, 0.717) is 5.69 Å². The fraction of sp³-hybridized carbons (Fsp3) is 0.321. The molecule has 2 fully saturated rings. The lowest BCUT2D eigenvalue weighted by Crippen LogP contribution is -2.25. The molecule has 7 heteroatoms. The van der Waals surface area contributed by atoms with E-state index in [2.05, 4.69) is 33.5 Å². The summed E-state index contributed by atoms with van der Waals surface area (Å²) < 4.78 is 38.8. The highest BCUT2D eigenvalue weighted by Gasteiger charge is 2.47. The molecule has 0 saturated heterocycles. The standard InChI is InChI=1S/C28H26F3N3O/c29-28(30,31)23-8-9-25(33-18-23)27(12-13-27)22-3-1-2-20(17-22)16-19-4-6-21(7-5-19)26(35)34-24-10-14-32-15-11-24/h1-3,8-11,14-18,21H,4-7,12-13H2,(H,32,34,35). The molecule has 3 aromatic rings. The number of halogens is 3. The van der Waals surface area contributed by atoms with E-state index in [1.165, 1.54) is 11.6 Å². The van der Waals surface area contributed by atoms with E-state index in [1.54, 1.807) is 24.5 Å². The quantitative estimate of drug-likeness (QED) is 0.440. The van der Waals surface area contributed by atoms with Gasteiger partial charge in [-0.3, -0.25) is 14.8 Å². The number of nitrogens with zero attached hydrogens (tertiary/aromatic N) is 2. The van der Waals surface area contributed by atoms with Gasteiger partial charge in [-0.25, -0.2) is 0 Å². The van der Waals surface area contributed by atoms with Crippen molar-refractivity contribution in [3.05, 3.63) is 95.1 Å². The Bertz CT molecular complexity index is 1220. The summed E-state index contributed by atoms with van der Waals surface area (Å²) in [5.74, 6) is 0.0455. The van der Waals surface area contributed by atoms with Crippen LogP contribution in [-0.2, 0) is 16.4 Å². The van der Waals surface area contributed by atoms with Gasteiger partial charge in [-0.1, -0.05) is 35.9 Å². The van der Waals surface area contributed by atoms with Crippen LogP contribution in [-0.4, -0.2) is 15.9 Å². The fourth-order valence-electron chi connectivity index (χ4n) is 4.90. The average molecular weight is 478 g/mol. The van der Waals surface area contributed by atoms with Crippen LogP contribution in [0.5, 0.6) is 0 Å². The lowest BCUT2D eigenvalue weighted by Gasteiger charge is -2.23. The zero-order valence-electron chi connectivity index (χ0n) is 19.2. The summed E-state index contributed by atoms with van der Waals surface area (Å²) in [4.78, 5) is 20.7. The van der Waals surface area contributed by atoms with Crippen molar-refractivity contribution in [2.24, 2.45) is 5.92 Å². The van der Waals surface area contributed by atoms with Crippen molar-refractivity contribution in [1.82, 2.24) is 9.97 Å². The summed E-state index contributed by atoms with van der Waals surface area (Å²) in [5, 5.41) is 2.97. The third-order valence-electron chi connectivity index (χ3n) is 7.09. The van der Waals surface area contributed by atoms with Crippen molar-refractivity contribution in [3.8, 4) is 0 Å². The Hall–Kier alpha value is -3.48. The van der Waals surface area contributed by atoms with Gasteiger partial charge in [0.2, 0.25) is 5.91 Å². The van der Waals surface area contributed by atoms with Gasteiger partial charge in [-0.15, -0.1) is 0 Å². The first kappa shape index (κ1) is 23.3. The number of carbonyl (C=O) groups is 1. The summed E-state index contributed by atoms with van der Waals surface area (Å²) in [6, 6.07) is 14.4. The summed E-state index contributed by atoms with van der Waals surface area (Å²) in [6.45, 7) is 0. The van der Waals surface area contributed by atoms with Crippen LogP contribution < -0.4 is 5.32 Å². The number of rotatable bonds is 5. The van der Waals surface area contributed by atoms with Crippen LogP contribution in [0.4, 0.5) is 18.9 Å². The molecule has 2 aliphatic rings. The van der Waals surface area contributed by atoms with E-state index in [1.807, 2.05) is 12.1 Å². The lowest BCUT2D eigenvalue weighted by molar-refractivity contribution is -0.137. The highest BCUT2D eigenvalue weighted by atomic mass is 19.4. The van der Waals surface area contributed by atoms with Gasteiger partial charge in [0.15, 0.2) is 0 Å². The molecule has 2 saturated carbocycles. The normalized spacial score (nSPS) is 19.2. The zero-order chi connectivity index (χ0) is 24.5. The Labute approximate surface area is 202 Å². The predicted molar refractivity (Wildman–Crippen MR) is 128 cm³/mol. The number of anilines is 1. The van der Waals surface area contributed by atoms with Crippen LogP contribution >= 0.6 is 0 Å². The molecule has 0 unspecified atom stereocenters. The van der Waals surface area contributed by atoms with Crippen LogP contribution in [0.3, 0.4) is 0 Å². The summed E-state index contributed by atoms with van der Waals surface area (Å²) in [6.07, 6.45) is 7.15. The molecule has 2 heterocycles. The van der Waals surface area contributed by atoms with Crippen molar-refractivity contribution in [3.63, 3.8) is 0 Å². The maximum atomic E-state index is 12.9. The predicted octanol–water partition coefficient (Wildman–Crippen LogP) is 6.79. The molecule has 0 bridgehead atoms. The maximum Gasteiger partial charge on any atom is 0.417 e. The minimum atomic E-state index is -4.38. The Morgan fingerprint density at radius 2 is 1.77 bits per heavy atom. The summed E-state index contributed by atoms with van der Waals surface area (Å²) in [7, 11) is 0. The molecule has 1 aromatic carbocycles. The molecule has 0 radical (unpaired) electrons. The first-order valence-electron chi connectivity index (χ1n) is 11.9. The molecule has 180 valence electrons. The van der Waals surface area contributed by atoms with E-state index < -0.39 is 11.7 Å². The number of amides is 1. The number of carbonyl (C=O) groups excluding carboxylic acids is 1. The fourth-order valence-corrected chi connectivity index (χ4v) is 4.90. The third kappa shape index (κ3) is 5.14. The van der Waals surface area contributed by atoms with Crippen molar-refractivity contribution in [2.45, 2.75) is 50.1 Å². The first-order chi connectivity index (χ1) is 16.8. The Morgan fingerprint density at radius 3 is 2.40 bits per heavy atom. The Kier molecular flexibility index (Phi) is 6.17. The molecule has 2 aromatic heterocycles. The van der Waals surface area contributed by atoms with E-state index in [9.17, 15) is 18.0 Å². The number of pyridine rings is 2. The van der Waals surface area contributed by atoms with Crippen LogP contribution in [0, 0.1) is 5.92 Å². The van der Waals surface area contributed by atoms with Gasteiger partial charge < -0.3 is 5.32 Å². The second-order valence-electron chi connectivity index (χ2n) is 9.44. The average Bonchev–Trinajstić information content (AvgIpc) is 3.67. The Morgan fingerprint density at radius 1 is 1.03 bits per heavy atom. The van der Waals surface area contributed by atoms with Crippen molar-refractivity contribution < 1.29 is 18.0 Å². The van der Waals surface area contributed by atoms with Crippen molar-refractivity contribution in [2.75, 3.05) is 5.32 Å². The van der Waals surface area contributed by atoms with Gasteiger partial charge in [-0.05, 0) is 73.9 Å². The molecule has 2 aliphatic carbocycles. The smallest absolute Gasteiger partial charge is 0.326 e. The molecule has 35 heavy (non-hydrogen) atoms. The largest absolute Gasteiger partial charge is 0.417 e. The molecule has 1 amide bonds. The highest BCUT2D eigenvalue weighted by Crippen LogP contribution is 2.53. The number of hydrogen-bond acceptors (Lipinski definition) is 3. The van der Waals surface area contributed by atoms with Gasteiger partial charge in [0.05, 0.1) is 11.3 Å². The third-order valence-corrected chi connectivity index (χ3v) is 7.09. The van der Waals surface area contributed by atoms with Gasteiger partial charge in [-0.2, -0.15) is 13.2 Å². The van der Waals surface area contributed by atoms with Crippen LogP contribution in [0.15, 0.2) is 72.7 Å². The topological polar surface area (TPSA) is 54.9 Å². The van der Waals surface area contributed by atoms with Crippen LogP contribution in [0.1, 0.15) is 60.9 Å². The molecule has 0 aliphatic heterocycles. The number of nitrogens with one attached hydrogen (secondary N) is 1. The molecular weight excluding hydrogens is 451 g/mol. The number of aromatic nitrogens is 2. The minimum absolute atomic E-state index is 0.00729. The molecule has 4 nitrogen and oxygen atoms in total. The van der Waals surface area contributed by atoms with Gasteiger partial charge in [0.25, 0.3) is 0 Å². The van der Waals surface area contributed by atoms with E-state index >= 15 is 0 Å². The first-order valence-corrected chi connectivity index (χ1v) is 11.9. The molecule has 0 atom stereocenters. The number of allylic oxidation sites excluding steroid dienone is 1. The highest BCUT2D eigenvalue weighted by molar-refractivity contribution is 5.92. The molecule has 1 N–H and O–H groups in total. The summed E-state index contributed by atoms with van der Waals surface area (Å²) in [5.41, 5.74) is 3.91. The molecule has 0 spiro atoms.